The summed E-state index contributed by atoms with van der Waals surface area (Å²) in [4.78, 5) is 7.86. The van der Waals surface area contributed by atoms with Crippen LogP contribution in [0.2, 0.25) is 10.4 Å². The van der Waals surface area contributed by atoms with Crippen LogP contribution < -0.4 is 0 Å². The summed E-state index contributed by atoms with van der Waals surface area (Å²) in [6.07, 6.45) is 7.98. The highest BCUT2D eigenvalue weighted by Crippen LogP contribution is 2.23. The number of hydrogen-bond acceptors (Lipinski definition) is 2. The number of rotatable bonds is 1. The first-order chi connectivity index (χ1) is 6.25. The van der Waals surface area contributed by atoms with Gasteiger partial charge in [-0.3, -0.25) is 0 Å². The van der Waals surface area contributed by atoms with Gasteiger partial charge in [-0.1, -0.05) is 35.9 Å². The molecule has 0 aliphatic heterocycles. The van der Waals surface area contributed by atoms with Gasteiger partial charge >= 0.3 is 0 Å². The monoisotopic (exact) mass is 212 g/mol. The van der Waals surface area contributed by atoms with Gasteiger partial charge in [-0.25, -0.2) is 9.97 Å². The summed E-state index contributed by atoms with van der Waals surface area (Å²) in [5.74, 6) is 0.179. The zero-order chi connectivity index (χ0) is 9.26. The molecule has 0 saturated carbocycles. The van der Waals surface area contributed by atoms with Crippen LogP contribution in [0.25, 0.3) is 0 Å². The van der Waals surface area contributed by atoms with Crippen LogP contribution in [-0.2, 0) is 0 Å². The summed E-state index contributed by atoms with van der Waals surface area (Å²) >= 11 is 11.4. The third-order valence-electron chi connectivity index (χ3n) is 1.78. The zero-order valence-electron chi connectivity index (χ0n) is 6.61. The van der Waals surface area contributed by atoms with E-state index in [1.807, 2.05) is 24.3 Å². The molecule has 1 aromatic heterocycles. The highest BCUT2D eigenvalue weighted by molar-refractivity contribution is 6.31. The number of nitrogens with zero attached hydrogens (tertiary/aromatic N) is 2. The number of halogens is 2. The van der Waals surface area contributed by atoms with Gasteiger partial charge < -0.3 is 0 Å². The maximum absolute atomic E-state index is 5.74. The fourth-order valence-electron chi connectivity index (χ4n) is 1.21. The van der Waals surface area contributed by atoms with Crippen molar-refractivity contribution in [3.63, 3.8) is 0 Å². The van der Waals surface area contributed by atoms with Crippen LogP contribution in [0.1, 0.15) is 11.6 Å². The third kappa shape index (κ3) is 1.90. The van der Waals surface area contributed by atoms with Crippen molar-refractivity contribution in [2.75, 3.05) is 0 Å². The molecule has 1 aliphatic carbocycles. The van der Waals surface area contributed by atoms with Crippen molar-refractivity contribution in [2.24, 2.45) is 0 Å². The van der Waals surface area contributed by atoms with Crippen LogP contribution in [-0.4, -0.2) is 9.97 Å². The van der Waals surface area contributed by atoms with Gasteiger partial charge in [0.2, 0.25) is 5.28 Å². The summed E-state index contributed by atoms with van der Waals surface area (Å²) in [5, 5.41) is 0.569. The molecule has 0 aromatic carbocycles. The van der Waals surface area contributed by atoms with Crippen LogP contribution in [0.5, 0.6) is 0 Å². The predicted octanol–water partition coefficient (Wildman–Crippen LogP) is 2.99. The second-order valence-electron chi connectivity index (χ2n) is 2.68. The maximum Gasteiger partial charge on any atom is 0.224 e. The summed E-state index contributed by atoms with van der Waals surface area (Å²) in [6.45, 7) is 0. The van der Waals surface area contributed by atoms with Gasteiger partial charge in [-0.05, 0) is 17.7 Å². The molecule has 0 radical (unpaired) electrons. The Hall–Kier alpha value is -0.860. The molecule has 0 N–H and O–H groups in total. The Morgan fingerprint density at radius 3 is 2.38 bits per heavy atom. The molecular weight excluding hydrogens is 207 g/mol. The molecule has 2 rings (SSSR count). The molecule has 0 amide bonds. The smallest absolute Gasteiger partial charge is 0.222 e. The first-order valence-electron chi connectivity index (χ1n) is 3.81. The number of aromatic nitrogens is 2. The molecule has 66 valence electrons. The number of allylic oxidation sites excluding steroid dienone is 4. The van der Waals surface area contributed by atoms with Crippen LogP contribution in [0, 0.1) is 0 Å². The molecule has 4 heteroatoms. The number of hydrogen-bond donors (Lipinski definition) is 0. The maximum atomic E-state index is 5.74. The molecule has 0 bridgehead atoms. The van der Waals surface area contributed by atoms with Crippen molar-refractivity contribution in [3.05, 3.63) is 46.5 Å². The van der Waals surface area contributed by atoms with E-state index in [0.717, 1.165) is 5.69 Å². The summed E-state index contributed by atoms with van der Waals surface area (Å²) in [5.41, 5.74) is 0.829. The lowest BCUT2D eigenvalue weighted by molar-refractivity contribution is 0.975. The molecule has 0 spiro atoms. The van der Waals surface area contributed by atoms with Crippen LogP contribution in [0.4, 0.5) is 0 Å². The minimum Gasteiger partial charge on any atom is -0.222 e. The molecule has 1 aliphatic rings. The lowest BCUT2D eigenvalue weighted by atomic mass is 10.1. The largest absolute Gasteiger partial charge is 0.224 e. The van der Waals surface area contributed by atoms with Crippen molar-refractivity contribution in [3.8, 4) is 0 Å². The normalized spacial score (nSPS) is 15.5. The second-order valence-corrected chi connectivity index (χ2v) is 3.41. The average Bonchev–Trinajstić information content (AvgIpc) is 2.53. The Balaban J connectivity index is 2.40. The van der Waals surface area contributed by atoms with E-state index in [4.69, 9.17) is 23.2 Å². The van der Waals surface area contributed by atoms with E-state index in [9.17, 15) is 0 Å². The average molecular weight is 213 g/mol. The van der Waals surface area contributed by atoms with Gasteiger partial charge in [0.15, 0.2) is 0 Å². The Kier molecular flexibility index (Phi) is 2.34. The Morgan fingerprint density at radius 1 is 1.08 bits per heavy atom. The van der Waals surface area contributed by atoms with Gasteiger partial charge in [0.05, 0.1) is 5.69 Å². The molecule has 0 saturated heterocycles. The van der Waals surface area contributed by atoms with Gasteiger partial charge in [0.1, 0.15) is 5.15 Å². The molecule has 1 heterocycles. The molecule has 2 nitrogen and oxygen atoms in total. The van der Waals surface area contributed by atoms with E-state index in [-0.39, 0.29) is 11.2 Å². The van der Waals surface area contributed by atoms with Crippen LogP contribution in [0.3, 0.4) is 0 Å². The molecule has 1 aromatic rings. The third-order valence-corrected chi connectivity index (χ3v) is 2.14. The highest BCUT2D eigenvalue weighted by atomic mass is 35.5. The first-order valence-corrected chi connectivity index (χ1v) is 4.56. The highest BCUT2D eigenvalue weighted by Gasteiger charge is 2.10. The minimum absolute atomic E-state index is 0.179. The van der Waals surface area contributed by atoms with Crippen molar-refractivity contribution in [2.45, 2.75) is 5.92 Å². The van der Waals surface area contributed by atoms with Crippen molar-refractivity contribution in [1.29, 1.82) is 0 Å². The lowest BCUT2D eigenvalue weighted by Crippen LogP contribution is -1.95. The Labute approximate surface area is 85.9 Å². The van der Waals surface area contributed by atoms with E-state index in [1.165, 1.54) is 0 Å². The molecule has 0 atom stereocenters. The molecular formula is C9H6Cl2N2. The minimum atomic E-state index is 0.179. The lowest BCUT2D eigenvalue weighted by Gasteiger charge is -2.04. The van der Waals surface area contributed by atoms with E-state index in [2.05, 4.69) is 9.97 Å². The topological polar surface area (TPSA) is 25.8 Å². The van der Waals surface area contributed by atoms with E-state index in [1.54, 1.807) is 6.07 Å². The van der Waals surface area contributed by atoms with Crippen molar-refractivity contribution < 1.29 is 0 Å². The summed E-state index contributed by atoms with van der Waals surface area (Å²) < 4.78 is 0. The predicted molar refractivity (Wildman–Crippen MR) is 53.1 cm³/mol. The second kappa shape index (κ2) is 3.48. The fourth-order valence-corrected chi connectivity index (χ4v) is 1.63. The Morgan fingerprint density at radius 2 is 1.77 bits per heavy atom. The van der Waals surface area contributed by atoms with Crippen LogP contribution >= 0.6 is 23.2 Å². The van der Waals surface area contributed by atoms with Crippen LogP contribution in [0.15, 0.2) is 30.4 Å². The molecule has 0 fully saturated rings. The SMILES string of the molecule is Clc1cc(C2C=CC=C2)nc(Cl)n1. The Bertz CT molecular complexity index is 353. The summed E-state index contributed by atoms with van der Waals surface area (Å²) in [7, 11) is 0. The quantitative estimate of drug-likeness (QED) is 0.529. The fraction of sp³-hybridized carbons (Fsp3) is 0.111. The standard InChI is InChI=1S/C9H6Cl2N2/c10-8-5-7(12-9(11)13-8)6-3-1-2-4-6/h1-6H. The van der Waals surface area contributed by atoms with Gasteiger partial charge in [0.25, 0.3) is 0 Å². The van der Waals surface area contributed by atoms with Crippen molar-refractivity contribution >= 4 is 23.2 Å². The van der Waals surface area contributed by atoms with E-state index < -0.39 is 0 Å². The van der Waals surface area contributed by atoms with E-state index in [0.29, 0.717) is 5.15 Å². The van der Waals surface area contributed by atoms with Gasteiger partial charge in [-0.15, -0.1) is 0 Å². The molecule has 0 unspecified atom stereocenters. The first kappa shape index (κ1) is 8.73. The molecule has 13 heavy (non-hydrogen) atoms. The van der Waals surface area contributed by atoms with Gasteiger partial charge in [0, 0.05) is 5.92 Å². The van der Waals surface area contributed by atoms with Gasteiger partial charge in [-0.2, -0.15) is 0 Å². The van der Waals surface area contributed by atoms with Crippen molar-refractivity contribution in [1.82, 2.24) is 9.97 Å². The van der Waals surface area contributed by atoms with E-state index >= 15 is 0 Å². The zero-order valence-corrected chi connectivity index (χ0v) is 8.13. The summed E-state index contributed by atoms with van der Waals surface area (Å²) in [6, 6.07) is 1.72.